The summed E-state index contributed by atoms with van der Waals surface area (Å²) in [7, 11) is 0. The summed E-state index contributed by atoms with van der Waals surface area (Å²) in [5.74, 6) is 0.118. The molecule has 1 rings (SSSR count). The van der Waals surface area contributed by atoms with Gasteiger partial charge < -0.3 is 15.7 Å². The molecule has 0 aromatic rings. The van der Waals surface area contributed by atoms with Crippen LogP contribution in [0.3, 0.4) is 0 Å². The van der Waals surface area contributed by atoms with Crippen LogP contribution in [-0.4, -0.2) is 36.8 Å². The number of carbonyl (C=O) groups excluding carboxylic acids is 1. The molecule has 4 nitrogen and oxygen atoms in total. The zero-order valence-corrected chi connectivity index (χ0v) is 11.1. The van der Waals surface area contributed by atoms with Crippen LogP contribution in [0.1, 0.15) is 46.0 Å². The number of amides is 1. The molecule has 0 bridgehead atoms. The second-order valence-corrected chi connectivity index (χ2v) is 5.07. The van der Waals surface area contributed by atoms with Gasteiger partial charge in [0.05, 0.1) is 18.1 Å². The monoisotopic (exact) mass is 242 g/mol. The van der Waals surface area contributed by atoms with E-state index in [9.17, 15) is 4.79 Å². The normalized spacial score (nSPS) is 26.5. The second kappa shape index (κ2) is 6.97. The van der Waals surface area contributed by atoms with E-state index in [1.807, 2.05) is 6.92 Å². The molecule has 1 unspecified atom stereocenters. The van der Waals surface area contributed by atoms with E-state index in [2.05, 4.69) is 17.6 Å². The zero-order chi connectivity index (χ0) is 12.7. The van der Waals surface area contributed by atoms with Crippen LogP contribution in [0.2, 0.25) is 0 Å². The van der Waals surface area contributed by atoms with Crippen LogP contribution in [0.4, 0.5) is 0 Å². The van der Waals surface area contributed by atoms with Crippen LogP contribution in [0.15, 0.2) is 0 Å². The third-order valence-corrected chi connectivity index (χ3v) is 3.73. The number of piperidine rings is 1. The first-order valence-corrected chi connectivity index (χ1v) is 6.81. The van der Waals surface area contributed by atoms with E-state index in [4.69, 9.17) is 5.11 Å². The smallest absolute Gasteiger partial charge is 0.227 e. The largest absolute Gasteiger partial charge is 0.394 e. The lowest BCUT2D eigenvalue weighted by Gasteiger charge is -2.37. The van der Waals surface area contributed by atoms with E-state index in [0.717, 1.165) is 45.2 Å². The molecule has 1 saturated heterocycles. The highest BCUT2D eigenvalue weighted by atomic mass is 16.3. The van der Waals surface area contributed by atoms with Crippen LogP contribution in [0.5, 0.6) is 0 Å². The van der Waals surface area contributed by atoms with Crippen molar-refractivity contribution in [3.05, 3.63) is 0 Å². The highest BCUT2D eigenvalue weighted by molar-refractivity contribution is 5.83. The summed E-state index contributed by atoms with van der Waals surface area (Å²) in [5.41, 5.74) is -0.254. The Hall–Kier alpha value is -0.610. The van der Waals surface area contributed by atoms with E-state index in [1.165, 1.54) is 0 Å². The van der Waals surface area contributed by atoms with Crippen molar-refractivity contribution in [2.45, 2.75) is 52.0 Å². The number of hydrogen-bond donors (Lipinski definition) is 3. The topological polar surface area (TPSA) is 61.4 Å². The van der Waals surface area contributed by atoms with Crippen molar-refractivity contribution in [2.75, 3.05) is 19.7 Å². The van der Waals surface area contributed by atoms with Gasteiger partial charge in [0.2, 0.25) is 5.91 Å². The summed E-state index contributed by atoms with van der Waals surface area (Å²) in [6, 6.07) is -0.0989. The molecule has 1 fully saturated rings. The van der Waals surface area contributed by atoms with Gasteiger partial charge in [0.25, 0.3) is 0 Å². The summed E-state index contributed by atoms with van der Waals surface area (Å²) in [5, 5.41) is 15.5. The summed E-state index contributed by atoms with van der Waals surface area (Å²) in [4.78, 5) is 12.4. The molecule has 3 N–H and O–H groups in total. The van der Waals surface area contributed by atoms with Gasteiger partial charge in [-0.25, -0.2) is 0 Å². The minimum atomic E-state index is -0.254. The van der Waals surface area contributed by atoms with Crippen LogP contribution in [-0.2, 0) is 4.79 Å². The molecule has 2 atom stereocenters. The minimum absolute atomic E-state index is 0.0257. The number of hydrogen-bond acceptors (Lipinski definition) is 3. The molecule has 0 radical (unpaired) electrons. The van der Waals surface area contributed by atoms with Gasteiger partial charge in [0.1, 0.15) is 0 Å². The Morgan fingerprint density at radius 1 is 1.53 bits per heavy atom. The van der Waals surface area contributed by atoms with Crippen molar-refractivity contribution in [2.24, 2.45) is 5.41 Å². The van der Waals surface area contributed by atoms with Gasteiger partial charge in [-0.05, 0) is 32.2 Å². The average Bonchev–Trinajstić information content (AvgIpc) is 2.37. The fraction of sp³-hybridized carbons (Fsp3) is 0.923. The van der Waals surface area contributed by atoms with Crippen LogP contribution < -0.4 is 10.6 Å². The minimum Gasteiger partial charge on any atom is -0.394 e. The number of carbonyl (C=O) groups is 1. The Bertz CT molecular complexity index is 228. The Kier molecular flexibility index (Phi) is 5.92. The second-order valence-electron chi connectivity index (χ2n) is 5.07. The molecular formula is C13H26N2O2. The van der Waals surface area contributed by atoms with Crippen molar-refractivity contribution in [1.29, 1.82) is 0 Å². The Morgan fingerprint density at radius 3 is 2.76 bits per heavy atom. The van der Waals surface area contributed by atoms with E-state index < -0.39 is 0 Å². The van der Waals surface area contributed by atoms with Crippen molar-refractivity contribution in [1.82, 2.24) is 10.6 Å². The van der Waals surface area contributed by atoms with E-state index in [-0.39, 0.29) is 24.0 Å². The van der Waals surface area contributed by atoms with Crippen LogP contribution >= 0.6 is 0 Å². The Labute approximate surface area is 104 Å². The summed E-state index contributed by atoms with van der Waals surface area (Å²) < 4.78 is 0. The lowest BCUT2D eigenvalue weighted by atomic mass is 9.76. The van der Waals surface area contributed by atoms with E-state index >= 15 is 0 Å². The summed E-state index contributed by atoms with van der Waals surface area (Å²) >= 11 is 0. The fourth-order valence-corrected chi connectivity index (χ4v) is 2.58. The lowest BCUT2D eigenvalue weighted by molar-refractivity contribution is -0.133. The molecule has 1 amide bonds. The standard InChI is InChI=1S/C13H26N2O2/c1-3-6-13(7-5-8-14-10-13)12(17)15-11(4-2)9-16/h11,14,16H,3-10H2,1-2H3,(H,15,17)/t11-,13?/m1/s1. The van der Waals surface area contributed by atoms with Crippen LogP contribution in [0, 0.1) is 5.41 Å². The fourth-order valence-electron chi connectivity index (χ4n) is 2.58. The van der Waals surface area contributed by atoms with Crippen molar-refractivity contribution < 1.29 is 9.90 Å². The highest BCUT2D eigenvalue weighted by Gasteiger charge is 2.39. The van der Waals surface area contributed by atoms with Gasteiger partial charge in [0, 0.05) is 6.54 Å². The molecule has 0 aromatic carbocycles. The van der Waals surface area contributed by atoms with Crippen molar-refractivity contribution >= 4 is 5.91 Å². The van der Waals surface area contributed by atoms with Gasteiger partial charge in [-0.3, -0.25) is 4.79 Å². The highest BCUT2D eigenvalue weighted by Crippen LogP contribution is 2.32. The number of aliphatic hydroxyl groups excluding tert-OH is 1. The average molecular weight is 242 g/mol. The number of aliphatic hydroxyl groups is 1. The van der Waals surface area contributed by atoms with Gasteiger partial charge in [0.15, 0.2) is 0 Å². The van der Waals surface area contributed by atoms with Crippen LogP contribution in [0.25, 0.3) is 0 Å². The molecule has 1 heterocycles. The molecule has 0 aliphatic carbocycles. The molecule has 1 aliphatic rings. The van der Waals surface area contributed by atoms with E-state index in [1.54, 1.807) is 0 Å². The van der Waals surface area contributed by atoms with Crippen molar-refractivity contribution in [3.8, 4) is 0 Å². The molecular weight excluding hydrogens is 216 g/mol. The zero-order valence-electron chi connectivity index (χ0n) is 11.1. The first-order chi connectivity index (χ1) is 8.18. The third-order valence-electron chi connectivity index (χ3n) is 3.73. The summed E-state index contributed by atoms with van der Waals surface area (Å²) in [6.45, 7) is 5.90. The molecule has 100 valence electrons. The van der Waals surface area contributed by atoms with E-state index in [0.29, 0.717) is 0 Å². The van der Waals surface area contributed by atoms with Gasteiger partial charge >= 0.3 is 0 Å². The molecule has 1 aliphatic heterocycles. The predicted octanol–water partition coefficient (Wildman–Crippen LogP) is 1.04. The third kappa shape index (κ3) is 3.68. The molecule has 0 spiro atoms. The van der Waals surface area contributed by atoms with Gasteiger partial charge in [-0.1, -0.05) is 20.3 Å². The molecule has 4 heteroatoms. The number of nitrogens with one attached hydrogen (secondary N) is 2. The quantitative estimate of drug-likeness (QED) is 0.652. The van der Waals surface area contributed by atoms with Gasteiger partial charge in [-0.2, -0.15) is 0 Å². The molecule has 0 saturated carbocycles. The van der Waals surface area contributed by atoms with Gasteiger partial charge in [-0.15, -0.1) is 0 Å². The predicted molar refractivity (Wildman–Crippen MR) is 68.8 cm³/mol. The molecule has 0 aromatic heterocycles. The maximum absolute atomic E-state index is 12.4. The summed E-state index contributed by atoms with van der Waals surface area (Å²) in [6.07, 6.45) is 4.74. The SMILES string of the molecule is CCCC1(C(=O)N[C@H](CC)CO)CCCNC1. The first-order valence-electron chi connectivity index (χ1n) is 6.81. The Balaban J connectivity index is 2.65. The first kappa shape index (κ1) is 14.5. The maximum atomic E-state index is 12.4. The lowest BCUT2D eigenvalue weighted by Crippen LogP contribution is -2.53. The van der Waals surface area contributed by atoms with Crippen molar-refractivity contribution in [3.63, 3.8) is 0 Å². The Morgan fingerprint density at radius 2 is 2.29 bits per heavy atom. The number of rotatable bonds is 6. The maximum Gasteiger partial charge on any atom is 0.227 e. The molecule has 17 heavy (non-hydrogen) atoms.